The van der Waals surface area contributed by atoms with Crippen LogP contribution in [0.5, 0.6) is 0 Å². The Balaban J connectivity index is 2.53. The van der Waals surface area contributed by atoms with Crippen molar-refractivity contribution in [3.05, 3.63) is 54.1 Å². The molecule has 0 spiro atoms. The van der Waals surface area contributed by atoms with Crippen LogP contribution in [0.25, 0.3) is 0 Å². The number of thiophene rings is 1. The smallest absolute Gasteiger partial charge is 0.132 e. The molecule has 2 aromatic rings. The second-order valence-electron chi connectivity index (χ2n) is 4.73. The van der Waals surface area contributed by atoms with E-state index in [0.29, 0.717) is 11.0 Å². The van der Waals surface area contributed by atoms with Gasteiger partial charge >= 0.3 is 0 Å². The maximum Gasteiger partial charge on any atom is 0.132 e. The molecule has 1 N–H and O–H groups in total. The Morgan fingerprint density at radius 3 is 2.29 bits per heavy atom. The largest absolute Gasteiger partial charge is 0.306 e. The molecular weight excluding hydrogens is 424 g/mol. The molecule has 2 rings (SSSR count). The minimum absolute atomic E-state index is 0.0695. The minimum atomic E-state index is -0.544. The van der Waals surface area contributed by atoms with Crippen LogP contribution in [0.3, 0.4) is 0 Å². The molecule has 1 aromatic carbocycles. The fraction of sp³-hybridized carbons (Fsp3) is 0.333. The van der Waals surface area contributed by atoms with Crippen molar-refractivity contribution in [1.29, 1.82) is 0 Å². The molecule has 0 bridgehead atoms. The van der Waals surface area contributed by atoms with E-state index < -0.39 is 17.7 Å². The number of hydrogen-bond donors (Lipinski definition) is 1. The first kappa shape index (κ1) is 17.1. The standard InChI is InChI=1S/C15H15Br2F2NS/c1-3-4-20-15(10-7-13(17)21-8(10)2)14-11(18)5-9(16)6-12(14)19/h5-7,15,20H,3-4H2,1-2H3. The predicted molar refractivity (Wildman–Crippen MR) is 91.0 cm³/mol. The van der Waals surface area contributed by atoms with Crippen molar-refractivity contribution in [3.63, 3.8) is 0 Å². The SMILES string of the molecule is CCCNC(c1cc(Br)sc1C)c1c(F)cc(Br)cc1F. The molecule has 0 saturated heterocycles. The topological polar surface area (TPSA) is 12.0 Å². The number of nitrogens with one attached hydrogen (secondary N) is 1. The van der Waals surface area contributed by atoms with Gasteiger partial charge in [-0.25, -0.2) is 8.78 Å². The zero-order valence-corrected chi connectivity index (χ0v) is 15.6. The van der Waals surface area contributed by atoms with Crippen LogP contribution in [0, 0.1) is 18.6 Å². The van der Waals surface area contributed by atoms with Gasteiger partial charge in [-0.3, -0.25) is 0 Å². The van der Waals surface area contributed by atoms with Crippen LogP contribution in [0.1, 0.15) is 35.4 Å². The van der Waals surface area contributed by atoms with Crippen LogP contribution in [-0.4, -0.2) is 6.54 Å². The number of benzene rings is 1. The lowest BCUT2D eigenvalue weighted by Crippen LogP contribution is -2.25. The summed E-state index contributed by atoms with van der Waals surface area (Å²) in [6.45, 7) is 4.67. The molecule has 21 heavy (non-hydrogen) atoms. The van der Waals surface area contributed by atoms with Gasteiger partial charge in [0.1, 0.15) is 11.6 Å². The summed E-state index contributed by atoms with van der Waals surface area (Å²) >= 11 is 8.12. The number of rotatable bonds is 5. The zero-order chi connectivity index (χ0) is 15.6. The van der Waals surface area contributed by atoms with E-state index in [1.54, 1.807) is 11.3 Å². The molecule has 0 aliphatic carbocycles. The summed E-state index contributed by atoms with van der Waals surface area (Å²) in [6.07, 6.45) is 0.890. The van der Waals surface area contributed by atoms with E-state index in [2.05, 4.69) is 37.2 Å². The molecule has 0 aliphatic rings. The predicted octanol–water partition coefficient (Wildman–Crippen LogP) is 5.95. The van der Waals surface area contributed by atoms with Gasteiger partial charge in [0, 0.05) is 14.9 Å². The highest BCUT2D eigenvalue weighted by Crippen LogP contribution is 2.36. The molecule has 0 aliphatic heterocycles. The van der Waals surface area contributed by atoms with Gasteiger partial charge in [0.05, 0.1) is 9.83 Å². The molecule has 0 radical (unpaired) electrons. The van der Waals surface area contributed by atoms with Crippen molar-refractivity contribution in [2.24, 2.45) is 0 Å². The van der Waals surface area contributed by atoms with Crippen molar-refractivity contribution in [2.45, 2.75) is 26.3 Å². The first-order valence-electron chi connectivity index (χ1n) is 6.57. The highest BCUT2D eigenvalue weighted by Gasteiger charge is 2.24. The molecule has 6 heteroatoms. The van der Waals surface area contributed by atoms with Crippen molar-refractivity contribution >= 4 is 43.2 Å². The fourth-order valence-corrected chi connectivity index (χ4v) is 4.38. The Morgan fingerprint density at radius 2 is 1.81 bits per heavy atom. The number of hydrogen-bond acceptors (Lipinski definition) is 2. The maximum atomic E-state index is 14.3. The molecule has 1 nitrogen and oxygen atoms in total. The summed E-state index contributed by atoms with van der Waals surface area (Å²) in [5, 5.41) is 3.25. The lowest BCUT2D eigenvalue weighted by Gasteiger charge is -2.20. The zero-order valence-electron chi connectivity index (χ0n) is 11.6. The van der Waals surface area contributed by atoms with Crippen molar-refractivity contribution < 1.29 is 8.78 Å². The van der Waals surface area contributed by atoms with E-state index in [1.165, 1.54) is 12.1 Å². The summed E-state index contributed by atoms with van der Waals surface area (Å²) in [4.78, 5) is 1.04. The number of aryl methyl sites for hydroxylation is 1. The van der Waals surface area contributed by atoms with Gasteiger partial charge < -0.3 is 5.32 Å². The lowest BCUT2D eigenvalue weighted by molar-refractivity contribution is 0.502. The minimum Gasteiger partial charge on any atom is -0.306 e. The summed E-state index contributed by atoms with van der Waals surface area (Å²) in [6, 6.07) is 4.04. The van der Waals surface area contributed by atoms with Crippen LogP contribution in [-0.2, 0) is 0 Å². The van der Waals surface area contributed by atoms with Gasteiger partial charge in [0.15, 0.2) is 0 Å². The Morgan fingerprint density at radius 1 is 1.19 bits per heavy atom. The van der Waals surface area contributed by atoms with Gasteiger partial charge in [-0.05, 0) is 59.6 Å². The van der Waals surface area contributed by atoms with E-state index in [9.17, 15) is 8.78 Å². The Bertz CT molecular complexity index is 620. The van der Waals surface area contributed by atoms with Gasteiger partial charge in [-0.2, -0.15) is 0 Å². The molecule has 1 heterocycles. The molecule has 0 saturated carbocycles. The second kappa shape index (κ2) is 7.31. The van der Waals surface area contributed by atoms with E-state index in [4.69, 9.17) is 0 Å². The van der Waals surface area contributed by atoms with E-state index in [0.717, 1.165) is 20.6 Å². The van der Waals surface area contributed by atoms with Crippen LogP contribution in [0.15, 0.2) is 26.5 Å². The normalized spacial score (nSPS) is 12.7. The Hall–Kier alpha value is -0.300. The average Bonchev–Trinajstić information content (AvgIpc) is 2.71. The summed E-state index contributed by atoms with van der Waals surface area (Å²) in [7, 11) is 0. The molecule has 1 atom stereocenters. The third-order valence-electron chi connectivity index (χ3n) is 3.17. The molecule has 1 aromatic heterocycles. The maximum absolute atomic E-state index is 14.3. The fourth-order valence-electron chi connectivity index (χ4n) is 2.23. The molecule has 0 fully saturated rings. The lowest BCUT2D eigenvalue weighted by atomic mass is 9.98. The summed E-state index contributed by atoms with van der Waals surface area (Å²) in [5.74, 6) is -1.09. The van der Waals surface area contributed by atoms with E-state index in [1.807, 2.05) is 19.9 Å². The Kier molecular flexibility index (Phi) is 5.94. The van der Waals surface area contributed by atoms with E-state index >= 15 is 0 Å². The molecule has 114 valence electrons. The van der Waals surface area contributed by atoms with Crippen molar-refractivity contribution in [3.8, 4) is 0 Å². The van der Waals surface area contributed by atoms with Crippen molar-refractivity contribution in [2.75, 3.05) is 6.54 Å². The second-order valence-corrected chi connectivity index (χ2v) is 8.28. The molecular formula is C15H15Br2F2NS. The van der Waals surface area contributed by atoms with Crippen LogP contribution in [0.4, 0.5) is 8.78 Å². The quantitative estimate of drug-likeness (QED) is 0.608. The van der Waals surface area contributed by atoms with Crippen LogP contribution in [0.2, 0.25) is 0 Å². The van der Waals surface area contributed by atoms with Gasteiger partial charge in [-0.1, -0.05) is 22.9 Å². The number of halogens is 4. The molecule has 1 unspecified atom stereocenters. The monoisotopic (exact) mass is 437 g/mol. The van der Waals surface area contributed by atoms with E-state index in [-0.39, 0.29) is 5.56 Å². The van der Waals surface area contributed by atoms with Gasteiger partial charge in [0.2, 0.25) is 0 Å². The van der Waals surface area contributed by atoms with Gasteiger partial charge in [0.25, 0.3) is 0 Å². The summed E-state index contributed by atoms with van der Waals surface area (Å²) in [5.41, 5.74) is 0.973. The summed E-state index contributed by atoms with van der Waals surface area (Å²) < 4.78 is 29.9. The average molecular weight is 439 g/mol. The first-order chi connectivity index (χ1) is 9.93. The highest BCUT2D eigenvalue weighted by molar-refractivity contribution is 9.11. The van der Waals surface area contributed by atoms with Crippen LogP contribution < -0.4 is 5.32 Å². The molecule has 0 amide bonds. The van der Waals surface area contributed by atoms with Crippen molar-refractivity contribution in [1.82, 2.24) is 5.32 Å². The third kappa shape index (κ3) is 3.92. The van der Waals surface area contributed by atoms with Gasteiger partial charge in [-0.15, -0.1) is 11.3 Å². The third-order valence-corrected chi connectivity index (χ3v) is 5.20. The highest BCUT2D eigenvalue weighted by atomic mass is 79.9. The van der Waals surface area contributed by atoms with Crippen LogP contribution >= 0.6 is 43.2 Å². The first-order valence-corrected chi connectivity index (χ1v) is 8.98. The Labute approximate surface area is 144 Å².